The third kappa shape index (κ3) is 1.03. The lowest BCUT2D eigenvalue weighted by molar-refractivity contribution is 0.450. The van der Waals surface area contributed by atoms with Gasteiger partial charge in [-0.3, -0.25) is 0 Å². The lowest BCUT2D eigenvalue weighted by Crippen LogP contribution is -2.29. The summed E-state index contributed by atoms with van der Waals surface area (Å²) in [7, 11) is 0. The molecule has 4 nitrogen and oxygen atoms in total. The van der Waals surface area contributed by atoms with E-state index in [2.05, 4.69) is 30.9 Å². The average Bonchev–Trinajstić information content (AvgIpc) is 2.56. The Kier molecular flexibility index (Phi) is 1.93. The van der Waals surface area contributed by atoms with Gasteiger partial charge in [-0.25, -0.2) is 9.67 Å². The smallest absolute Gasteiger partial charge is 0.138 e. The molecule has 1 aliphatic rings. The number of nitrogens with two attached hydrogens (primary N) is 1. The minimum Gasteiger partial charge on any atom is -0.329 e. The fourth-order valence-corrected chi connectivity index (χ4v) is 2.40. The zero-order valence-corrected chi connectivity index (χ0v) is 9.12. The largest absolute Gasteiger partial charge is 0.329 e. The van der Waals surface area contributed by atoms with Gasteiger partial charge < -0.3 is 5.73 Å². The highest BCUT2D eigenvalue weighted by molar-refractivity contribution is 5.28. The van der Waals surface area contributed by atoms with Crippen LogP contribution in [0.2, 0.25) is 0 Å². The van der Waals surface area contributed by atoms with Crippen LogP contribution in [0.5, 0.6) is 0 Å². The third-order valence-corrected chi connectivity index (χ3v) is 3.61. The second-order valence-corrected chi connectivity index (χ2v) is 4.75. The van der Waals surface area contributed by atoms with Crippen molar-refractivity contribution >= 4 is 0 Å². The molecule has 2 rings (SSSR count). The van der Waals surface area contributed by atoms with E-state index in [9.17, 15) is 0 Å². The molecule has 1 aromatic heterocycles. The summed E-state index contributed by atoms with van der Waals surface area (Å²) in [5, 5.41) is 4.20. The molecule has 1 saturated carbocycles. The van der Waals surface area contributed by atoms with Crippen LogP contribution < -0.4 is 5.73 Å². The standard InChI is InChI=1S/C10H18N4/c1-4-14-8(12-7-13-14)10(6-11)5-9(10,2)3/h7H,4-6,11H2,1-3H3. The summed E-state index contributed by atoms with van der Waals surface area (Å²) in [6.07, 6.45) is 2.75. The van der Waals surface area contributed by atoms with E-state index in [-0.39, 0.29) is 10.8 Å². The van der Waals surface area contributed by atoms with E-state index in [4.69, 9.17) is 5.73 Å². The van der Waals surface area contributed by atoms with Crippen LogP contribution in [0.15, 0.2) is 6.33 Å². The highest BCUT2D eigenvalue weighted by atomic mass is 15.3. The van der Waals surface area contributed by atoms with E-state index in [0.717, 1.165) is 18.8 Å². The zero-order chi connectivity index (χ0) is 10.4. The van der Waals surface area contributed by atoms with E-state index >= 15 is 0 Å². The van der Waals surface area contributed by atoms with Crippen molar-refractivity contribution < 1.29 is 0 Å². The number of hydrogen-bond donors (Lipinski definition) is 1. The Morgan fingerprint density at radius 3 is 2.64 bits per heavy atom. The maximum atomic E-state index is 5.88. The van der Waals surface area contributed by atoms with E-state index < -0.39 is 0 Å². The van der Waals surface area contributed by atoms with Gasteiger partial charge in [0, 0.05) is 18.5 Å². The van der Waals surface area contributed by atoms with E-state index in [1.807, 2.05) is 4.68 Å². The first kappa shape index (κ1) is 9.65. The van der Waals surface area contributed by atoms with Crippen molar-refractivity contribution in [1.29, 1.82) is 0 Å². The van der Waals surface area contributed by atoms with Gasteiger partial charge in [-0.2, -0.15) is 5.10 Å². The van der Waals surface area contributed by atoms with E-state index in [1.165, 1.54) is 0 Å². The first-order chi connectivity index (χ1) is 6.57. The number of aryl methyl sites for hydroxylation is 1. The maximum Gasteiger partial charge on any atom is 0.138 e. The van der Waals surface area contributed by atoms with Gasteiger partial charge >= 0.3 is 0 Å². The van der Waals surface area contributed by atoms with Crippen molar-refractivity contribution in [1.82, 2.24) is 14.8 Å². The molecule has 2 N–H and O–H groups in total. The van der Waals surface area contributed by atoms with Crippen LogP contribution >= 0.6 is 0 Å². The zero-order valence-electron chi connectivity index (χ0n) is 9.12. The first-order valence-corrected chi connectivity index (χ1v) is 5.16. The minimum absolute atomic E-state index is 0.0690. The van der Waals surface area contributed by atoms with Crippen LogP contribution in [0.1, 0.15) is 33.0 Å². The van der Waals surface area contributed by atoms with Crippen molar-refractivity contribution in [3.63, 3.8) is 0 Å². The molecule has 1 unspecified atom stereocenters. The number of aromatic nitrogens is 3. The van der Waals surface area contributed by atoms with Crippen LogP contribution in [-0.4, -0.2) is 21.3 Å². The van der Waals surface area contributed by atoms with Gasteiger partial charge in [0.2, 0.25) is 0 Å². The molecule has 14 heavy (non-hydrogen) atoms. The molecular formula is C10H18N4. The van der Waals surface area contributed by atoms with Crippen LogP contribution in [0.3, 0.4) is 0 Å². The summed E-state index contributed by atoms with van der Waals surface area (Å²) >= 11 is 0. The Labute approximate surface area is 84.5 Å². The highest BCUT2D eigenvalue weighted by Gasteiger charge is 2.63. The predicted octanol–water partition coefficient (Wildman–Crippen LogP) is 0.924. The molecule has 0 amide bonds. The van der Waals surface area contributed by atoms with Crippen molar-refractivity contribution in [2.75, 3.05) is 6.54 Å². The highest BCUT2D eigenvalue weighted by Crippen LogP contribution is 2.62. The molecule has 0 spiro atoms. The van der Waals surface area contributed by atoms with Crippen molar-refractivity contribution in [2.24, 2.45) is 11.1 Å². The predicted molar refractivity (Wildman–Crippen MR) is 54.8 cm³/mol. The van der Waals surface area contributed by atoms with Gasteiger partial charge in [-0.05, 0) is 18.8 Å². The Hall–Kier alpha value is -0.900. The molecule has 1 aliphatic carbocycles. The molecule has 0 radical (unpaired) electrons. The number of rotatable bonds is 3. The normalized spacial score (nSPS) is 29.1. The molecule has 1 fully saturated rings. The molecule has 0 aromatic carbocycles. The summed E-state index contributed by atoms with van der Waals surface area (Å²) in [6, 6.07) is 0. The number of hydrogen-bond acceptors (Lipinski definition) is 3. The fourth-order valence-electron chi connectivity index (χ4n) is 2.40. The van der Waals surface area contributed by atoms with Gasteiger partial charge in [0.25, 0.3) is 0 Å². The van der Waals surface area contributed by atoms with Gasteiger partial charge in [0.15, 0.2) is 0 Å². The summed E-state index contributed by atoms with van der Waals surface area (Å²) in [5.41, 5.74) is 6.23. The number of nitrogens with zero attached hydrogens (tertiary/aromatic N) is 3. The SMILES string of the molecule is CCn1ncnc1C1(CN)CC1(C)C. The molecule has 0 aliphatic heterocycles. The molecule has 0 bridgehead atoms. The van der Waals surface area contributed by atoms with Crippen LogP contribution in [0.25, 0.3) is 0 Å². The van der Waals surface area contributed by atoms with Gasteiger partial charge in [0.1, 0.15) is 12.2 Å². The summed E-state index contributed by atoms with van der Waals surface area (Å²) in [6.45, 7) is 8.10. The van der Waals surface area contributed by atoms with Crippen LogP contribution in [0, 0.1) is 5.41 Å². The Bertz CT molecular complexity index is 342. The minimum atomic E-state index is 0.0690. The molecule has 4 heteroatoms. The Balaban J connectivity index is 2.40. The average molecular weight is 194 g/mol. The summed E-state index contributed by atoms with van der Waals surface area (Å²) < 4.78 is 1.96. The Morgan fingerprint density at radius 1 is 1.57 bits per heavy atom. The molecule has 0 saturated heterocycles. The van der Waals surface area contributed by atoms with Crippen molar-refractivity contribution in [3.8, 4) is 0 Å². The molecule has 1 atom stereocenters. The third-order valence-electron chi connectivity index (χ3n) is 3.61. The lowest BCUT2D eigenvalue weighted by Gasteiger charge is -2.17. The summed E-state index contributed by atoms with van der Waals surface area (Å²) in [5.74, 6) is 1.06. The van der Waals surface area contributed by atoms with E-state index in [0.29, 0.717) is 6.54 Å². The maximum absolute atomic E-state index is 5.88. The molecule has 1 heterocycles. The molecular weight excluding hydrogens is 176 g/mol. The van der Waals surface area contributed by atoms with Gasteiger partial charge in [0.05, 0.1) is 0 Å². The quantitative estimate of drug-likeness (QED) is 0.778. The summed E-state index contributed by atoms with van der Waals surface area (Å²) in [4.78, 5) is 4.36. The van der Waals surface area contributed by atoms with Gasteiger partial charge in [-0.1, -0.05) is 13.8 Å². The van der Waals surface area contributed by atoms with Crippen LogP contribution in [0.4, 0.5) is 0 Å². The molecule has 78 valence electrons. The topological polar surface area (TPSA) is 56.7 Å². The Morgan fingerprint density at radius 2 is 2.21 bits per heavy atom. The second kappa shape index (κ2) is 2.79. The monoisotopic (exact) mass is 194 g/mol. The van der Waals surface area contributed by atoms with Gasteiger partial charge in [-0.15, -0.1) is 0 Å². The second-order valence-electron chi connectivity index (χ2n) is 4.75. The fraction of sp³-hybridized carbons (Fsp3) is 0.800. The molecule has 1 aromatic rings. The van der Waals surface area contributed by atoms with E-state index in [1.54, 1.807) is 6.33 Å². The van der Waals surface area contributed by atoms with Crippen molar-refractivity contribution in [3.05, 3.63) is 12.2 Å². The van der Waals surface area contributed by atoms with Crippen molar-refractivity contribution in [2.45, 2.75) is 39.2 Å². The first-order valence-electron chi connectivity index (χ1n) is 5.16. The lowest BCUT2D eigenvalue weighted by atomic mass is 9.95. The van der Waals surface area contributed by atoms with Crippen LogP contribution in [-0.2, 0) is 12.0 Å².